The van der Waals surface area contributed by atoms with E-state index in [-0.39, 0.29) is 17.7 Å². The molecule has 0 aliphatic carbocycles. The average molecular weight is 276 g/mol. The topological polar surface area (TPSA) is 98.3 Å². The van der Waals surface area contributed by atoms with Crippen LogP contribution in [0.5, 0.6) is 0 Å². The number of nitrogens with zero attached hydrogens (tertiary/aromatic N) is 2. The van der Waals surface area contributed by atoms with Gasteiger partial charge in [0.2, 0.25) is 0 Å². The van der Waals surface area contributed by atoms with Gasteiger partial charge in [0.25, 0.3) is 10.0 Å². The Labute approximate surface area is 107 Å². The van der Waals surface area contributed by atoms with Gasteiger partial charge < -0.3 is 10.0 Å². The number of aromatic amines is 1. The van der Waals surface area contributed by atoms with Crippen molar-refractivity contribution in [3.05, 3.63) is 11.3 Å². The molecule has 0 spiro atoms. The van der Waals surface area contributed by atoms with Crippen LogP contribution < -0.4 is 4.72 Å². The first-order chi connectivity index (χ1) is 8.27. The Kier molecular flexibility index (Phi) is 4.85. The Balaban J connectivity index is 2.93. The molecule has 0 fully saturated rings. The second-order valence-electron chi connectivity index (χ2n) is 4.58. The lowest BCUT2D eigenvalue weighted by atomic mass is 10.3. The van der Waals surface area contributed by atoms with E-state index in [2.05, 4.69) is 14.9 Å². The van der Waals surface area contributed by atoms with Crippen LogP contribution >= 0.6 is 0 Å². The zero-order valence-corrected chi connectivity index (χ0v) is 11.9. The molecule has 7 nitrogen and oxygen atoms in total. The van der Waals surface area contributed by atoms with E-state index in [0.29, 0.717) is 17.8 Å². The summed E-state index contributed by atoms with van der Waals surface area (Å²) in [7, 11) is 0.0214. The molecule has 0 aliphatic heterocycles. The highest BCUT2D eigenvalue weighted by molar-refractivity contribution is 7.89. The van der Waals surface area contributed by atoms with Crippen molar-refractivity contribution in [2.45, 2.75) is 31.5 Å². The minimum atomic E-state index is -3.71. The van der Waals surface area contributed by atoms with Crippen molar-refractivity contribution in [3.63, 3.8) is 0 Å². The van der Waals surface area contributed by atoms with Gasteiger partial charge in [-0.3, -0.25) is 5.10 Å². The molecule has 0 saturated carbocycles. The second-order valence-corrected chi connectivity index (χ2v) is 6.20. The largest absolute Gasteiger partial charge is 0.392 e. The Morgan fingerprint density at radius 2 is 2.11 bits per heavy atom. The number of hydrogen-bond donors (Lipinski definition) is 3. The van der Waals surface area contributed by atoms with Gasteiger partial charge in [-0.2, -0.15) is 5.10 Å². The monoisotopic (exact) mass is 276 g/mol. The van der Waals surface area contributed by atoms with Crippen molar-refractivity contribution in [2.75, 3.05) is 20.6 Å². The number of aryl methyl sites for hydroxylation is 1. The van der Waals surface area contributed by atoms with Gasteiger partial charge in [-0.05, 0) is 27.9 Å². The summed E-state index contributed by atoms with van der Waals surface area (Å²) in [4.78, 5) is 1.88. The smallest absolute Gasteiger partial charge is 0.260 e. The number of likely N-dealkylation sites (N-methyl/N-ethyl adjacent to an activating group) is 1. The predicted molar refractivity (Wildman–Crippen MR) is 67.6 cm³/mol. The third-order valence-corrected chi connectivity index (χ3v) is 4.00. The van der Waals surface area contributed by atoms with Gasteiger partial charge in [0.15, 0.2) is 5.03 Å². The van der Waals surface area contributed by atoms with E-state index >= 15 is 0 Å². The standard InChI is InChI=1S/C10H20N4O3S/c1-7(5-14(3)4)13-18(16,17)10-9(6-15)8(2)11-12-10/h7,13,15H,5-6H2,1-4H3,(H,11,12). The van der Waals surface area contributed by atoms with Gasteiger partial charge in [-0.15, -0.1) is 0 Å². The second kappa shape index (κ2) is 5.79. The lowest BCUT2D eigenvalue weighted by molar-refractivity contribution is 0.277. The van der Waals surface area contributed by atoms with Crippen molar-refractivity contribution in [1.29, 1.82) is 0 Å². The third kappa shape index (κ3) is 3.52. The summed E-state index contributed by atoms with van der Waals surface area (Å²) in [5.41, 5.74) is 0.859. The number of aliphatic hydroxyl groups excluding tert-OH is 1. The number of sulfonamides is 1. The fourth-order valence-electron chi connectivity index (χ4n) is 1.74. The molecule has 1 unspecified atom stereocenters. The summed E-state index contributed by atoms with van der Waals surface area (Å²) in [6, 6.07) is -0.242. The summed E-state index contributed by atoms with van der Waals surface area (Å²) in [5, 5.41) is 15.3. The van der Waals surface area contributed by atoms with Gasteiger partial charge >= 0.3 is 0 Å². The molecule has 1 heterocycles. The lowest BCUT2D eigenvalue weighted by Crippen LogP contribution is -2.39. The van der Waals surface area contributed by atoms with Crippen molar-refractivity contribution in [3.8, 4) is 0 Å². The van der Waals surface area contributed by atoms with Gasteiger partial charge in [0, 0.05) is 23.8 Å². The predicted octanol–water partition coefficient (Wildman–Crippen LogP) is -0.561. The molecule has 0 saturated heterocycles. The Morgan fingerprint density at radius 3 is 2.61 bits per heavy atom. The Bertz CT molecular complexity index is 495. The van der Waals surface area contributed by atoms with Crippen LogP contribution in [0.15, 0.2) is 5.03 Å². The molecule has 8 heteroatoms. The quantitative estimate of drug-likeness (QED) is 0.647. The van der Waals surface area contributed by atoms with Gasteiger partial charge in [0.1, 0.15) is 0 Å². The molecule has 0 bridgehead atoms. The average Bonchev–Trinajstić information content (AvgIpc) is 2.57. The number of nitrogens with one attached hydrogen (secondary N) is 2. The Morgan fingerprint density at radius 1 is 1.50 bits per heavy atom. The molecule has 18 heavy (non-hydrogen) atoms. The molecule has 1 rings (SSSR count). The van der Waals surface area contributed by atoms with E-state index in [4.69, 9.17) is 0 Å². The number of aliphatic hydroxyl groups is 1. The maximum absolute atomic E-state index is 12.1. The number of rotatable bonds is 6. The maximum atomic E-state index is 12.1. The highest BCUT2D eigenvalue weighted by Gasteiger charge is 2.25. The molecule has 104 valence electrons. The van der Waals surface area contributed by atoms with Crippen LogP contribution in [0.1, 0.15) is 18.2 Å². The van der Waals surface area contributed by atoms with E-state index in [1.165, 1.54) is 0 Å². The minimum absolute atomic E-state index is 0.131. The van der Waals surface area contributed by atoms with E-state index in [1.807, 2.05) is 19.0 Å². The molecular weight excluding hydrogens is 256 g/mol. The van der Waals surface area contributed by atoms with Crippen LogP contribution in [0.25, 0.3) is 0 Å². The van der Waals surface area contributed by atoms with E-state index in [9.17, 15) is 13.5 Å². The van der Waals surface area contributed by atoms with E-state index < -0.39 is 10.0 Å². The number of aromatic nitrogens is 2. The van der Waals surface area contributed by atoms with Crippen molar-refractivity contribution in [1.82, 2.24) is 19.8 Å². The molecule has 1 aromatic rings. The summed E-state index contributed by atoms with van der Waals surface area (Å²) >= 11 is 0. The van der Waals surface area contributed by atoms with Crippen molar-refractivity contribution >= 4 is 10.0 Å². The van der Waals surface area contributed by atoms with Crippen molar-refractivity contribution in [2.24, 2.45) is 0 Å². The maximum Gasteiger partial charge on any atom is 0.260 e. The molecule has 0 radical (unpaired) electrons. The first kappa shape index (κ1) is 15.1. The summed E-state index contributed by atoms with van der Waals surface area (Å²) < 4.78 is 26.7. The van der Waals surface area contributed by atoms with Crippen LogP contribution in [-0.4, -0.2) is 55.3 Å². The zero-order chi connectivity index (χ0) is 13.9. The molecular formula is C10H20N4O3S. The highest BCUT2D eigenvalue weighted by atomic mass is 32.2. The van der Waals surface area contributed by atoms with Crippen LogP contribution in [0.3, 0.4) is 0 Å². The van der Waals surface area contributed by atoms with Crippen LogP contribution in [0, 0.1) is 6.92 Å². The van der Waals surface area contributed by atoms with Crippen LogP contribution in [-0.2, 0) is 16.6 Å². The molecule has 0 amide bonds. The minimum Gasteiger partial charge on any atom is -0.392 e. The molecule has 0 aromatic carbocycles. The fraction of sp³-hybridized carbons (Fsp3) is 0.700. The van der Waals surface area contributed by atoms with Gasteiger partial charge in [-0.25, -0.2) is 13.1 Å². The van der Waals surface area contributed by atoms with Crippen molar-refractivity contribution < 1.29 is 13.5 Å². The molecule has 1 aromatic heterocycles. The molecule has 1 atom stereocenters. The number of H-pyrrole nitrogens is 1. The zero-order valence-electron chi connectivity index (χ0n) is 11.1. The highest BCUT2D eigenvalue weighted by Crippen LogP contribution is 2.16. The lowest BCUT2D eigenvalue weighted by Gasteiger charge is -2.17. The van der Waals surface area contributed by atoms with E-state index in [1.54, 1.807) is 13.8 Å². The molecule has 0 aliphatic rings. The molecule has 3 N–H and O–H groups in total. The summed E-state index contributed by atoms with van der Waals surface area (Å²) in [6.45, 7) is 3.66. The van der Waals surface area contributed by atoms with Gasteiger partial charge in [-0.1, -0.05) is 0 Å². The first-order valence-electron chi connectivity index (χ1n) is 5.59. The summed E-state index contributed by atoms with van der Waals surface area (Å²) in [5.74, 6) is 0. The van der Waals surface area contributed by atoms with Crippen LogP contribution in [0.4, 0.5) is 0 Å². The fourth-order valence-corrected chi connectivity index (χ4v) is 3.17. The third-order valence-electron chi connectivity index (χ3n) is 2.44. The summed E-state index contributed by atoms with van der Waals surface area (Å²) in [6.07, 6.45) is 0. The SMILES string of the molecule is Cc1[nH]nc(S(=O)(=O)NC(C)CN(C)C)c1CO. The normalized spacial score (nSPS) is 14.1. The van der Waals surface area contributed by atoms with E-state index in [0.717, 1.165) is 0 Å². The first-order valence-corrected chi connectivity index (χ1v) is 7.08. The number of hydrogen-bond acceptors (Lipinski definition) is 5. The van der Waals surface area contributed by atoms with Crippen LogP contribution in [0.2, 0.25) is 0 Å². The Hall–Kier alpha value is -0.960. The van der Waals surface area contributed by atoms with Gasteiger partial charge in [0.05, 0.1) is 6.61 Å².